The summed E-state index contributed by atoms with van der Waals surface area (Å²) < 4.78 is 5.70. The van der Waals surface area contributed by atoms with Crippen molar-refractivity contribution in [2.45, 2.75) is 31.9 Å². The maximum absolute atomic E-state index is 12.7. The molecule has 1 saturated heterocycles. The summed E-state index contributed by atoms with van der Waals surface area (Å²) >= 11 is 0. The van der Waals surface area contributed by atoms with E-state index in [1.165, 1.54) is 0 Å². The maximum atomic E-state index is 12.7. The van der Waals surface area contributed by atoms with Crippen molar-refractivity contribution in [3.05, 3.63) is 29.8 Å². The molecule has 21 heavy (non-hydrogen) atoms. The van der Waals surface area contributed by atoms with Crippen LogP contribution in [0.15, 0.2) is 24.3 Å². The first kappa shape index (κ1) is 14.1. The van der Waals surface area contributed by atoms with Crippen molar-refractivity contribution in [1.82, 2.24) is 0 Å². The van der Waals surface area contributed by atoms with Gasteiger partial charge in [-0.2, -0.15) is 5.26 Å². The number of carbonyl (C=O) groups excluding carboxylic acids is 1. The van der Waals surface area contributed by atoms with Crippen LogP contribution < -0.4 is 11.1 Å². The fraction of sp³-hybridized carbons (Fsp3) is 0.500. The molecule has 1 amide bonds. The molecule has 0 aromatic heterocycles. The molecule has 1 aliphatic carbocycles. The van der Waals surface area contributed by atoms with Crippen LogP contribution in [0.25, 0.3) is 0 Å². The molecule has 3 N–H and O–H groups in total. The van der Waals surface area contributed by atoms with E-state index in [0.717, 1.165) is 6.42 Å². The van der Waals surface area contributed by atoms with Crippen LogP contribution in [0, 0.1) is 22.7 Å². The van der Waals surface area contributed by atoms with E-state index < -0.39 is 11.0 Å². The zero-order chi connectivity index (χ0) is 15.3. The minimum Gasteiger partial charge on any atom is -0.377 e. The minimum absolute atomic E-state index is 0.0543. The van der Waals surface area contributed by atoms with Gasteiger partial charge in [-0.3, -0.25) is 4.79 Å². The summed E-state index contributed by atoms with van der Waals surface area (Å²) in [6, 6.07) is 8.90. The van der Waals surface area contributed by atoms with E-state index in [0.29, 0.717) is 17.9 Å². The Kier molecular flexibility index (Phi) is 3.05. The molecule has 3 rings (SSSR count). The van der Waals surface area contributed by atoms with Gasteiger partial charge in [0.1, 0.15) is 5.54 Å². The SMILES string of the molecule is CC1(C)C2OCCC2C1(N)C(=O)Nc1cccc(C#N)c1. The summed E-state index contributed by atoms with van der Waals surface area (Å²) in [5, 5.41) is 11.8. The van der Waals surface area contributed by atoms with Gasteiger partial charge in [-0.1, -0.05) is 19.9 Å². The van der Waals surface area contributed by atoms with E-state index in [2.05, 4.69) is 11.4 Å². The first-order chi connectivity index (χ1) is 9.91. The lowest BCUT2D eigenvalue weighted by atomic mass is 9.48. The number of benzene rings is 1. The summed E-state index contributed by atoms with van der Waals surface area (Å²) in [6.07, 6.45) is 0.870. The molecule has 1 saturated carbocycles. The third-order valence-corrected chi connectivity index (χ3v) is 5.08. The number of anilines is 1. The lowest BCUT2D eigenvalue weighted by Gasteiger charge is -2.60. The fourth-order valence-electron chi connectivity index (χ4n) is 3.75. The number of rotatable bonds is 2. The molecule has 3 unspecified atom stereocenters. The van der Waals surface area contributed by atoms with Crippen molar-refractivity contribution in [2.75, 3.05) is 11.9 Å². The zero-order valence-electron chi connectivity index (χ0n) is 12.2. The molecular formula is C16H19N3O2. The number of nitrogens with two attached hydrogens (primary N) is 1. The number of hydrogen-bond donors (Lipinski definition) is 2. The predicted octanol–water partition coefficient (Wildman–Crippen LogP) is 1.64. The number of carbonyl (C=O) groups is 1. The zero-order valence-corrected chi connectivity index (χ0v) is 12.2. The highest BCUT2D eigenvalue weighted by atomic mass is 16.5. The van der Waals surface area contributed by atoms with Crippen LogP contribution in [0.5, 0.6) is 0 Å². The highest BCUT2D eigenvalue weighted by molar-refractivity contribution is 6.00. The van der Waals surface area contributed by atoms with E-state index in [-0.39, 0.29) is 17.9 Å². The van der Waals surface area contributed by atoms with Gasteiger partial charge < -0.3 is 15.8 Å². The fourth-order valence-corrected chi connectivity index (χ4v) is 3.75. The number of nitriles is 1. The van der Waals surface area contributed by atoms with Crippen LogP contribution in [0.2, 0.25) is 0 Å². The maximum Gasteiger partial charge on any atom is 0.245 e. The monoisotopic (exact) mass is 285 g/mol. The van der Waals surface area contributed by atoms with Crippen LogP contribution in [-0.2, 0) is 9.53 Å². The van der Waals surface area contributed by atoms with Crippen molar-refractivity contribution < 1.29 is 9.53 Å². The van der Waals surface area contributed by atoms with Gasteiger partial charge in [0.2, 0.25) is 5.91 Å². The van der Waals surface area contributed by atoms with Crippen LogP contribution in [0.3, 0.4) is 0 Å². The molecule has 0 bridgehead atoms. The number of ether oxygens (including phenoxy) is 1. The lowest BCUT2D eigenvalue weighted by molar-refractivity contribution is -0.170. The summed E-state index contributed by atoms with van der Waals surface area (Å²) in [5.74, 6) is -0.138. The number of nitrogens with zero attached hydrogens (tertiary/aromatic N) is 1. The Morgan fingerprint density at radius 3 is 3.00 bits per heavy atom. The molecule has 2 fully saturated rings. The second-order valence-corrected chi connectivity index (χ2v) is 6.42. The quantitative estimate of drug-likeness (QED) is 0.864. The average Bonchev–Trinajstić information content (AvgIpc) is 2.94. The molecule has 1 heterocycles. The van der Waals surface area contributed by atoms with E-state index in [9.17, 15) is 4.79 Å². The Morgan fingerprint density at radius 2 is 2.29 bits per heavy atom. The van der Waals surface area contributed by atoms with Crippen LogP contribution >= 0.6 is 0 Å². The second kappa shape index (κ2) is 4.55. The molecule has 5 nitrogen and oxygen atoms in total. The largest absolute Gasteiger partial charge is 0.377 e. The average molecular weight is 285 g/mol. The molecule has 5 heteroatoms. The molecule has 1 aromatic carbocycles. The molecular weight excluding hydrogens is 266 g/mol. The smallest absolute Gasteiger partial charge is 0.245 e. The van der Waals surface area contributed by atoms with Gasteiger partial charge in [-0.05, 0) is 24.6 Å². The lowest BCUT2D eigenvalue weighted by Crippen LogP contribution is -2.79. The summed E-state index contributed by atoms with van der Waals surface area (Å²) in [7, 11) is 0. The van der Waals surface area contributed by atoms with Gasteiger partial charge in [-0.15, -0.1) is 0 Å². The van der Waals surface area contributed by atoms with Gasteiger partial charge in [-0.25, -0.2) is 0 Å². The Morgan fingerprint density at radius 1 is 1.52 bits per heavy atom. The molecule has 1 aromatic rings. The molecule has 3 atom stereocenters. The third-order valence-electron chi connectivity index (χ3n) is 5.08. The Bertz CT molecular complexity index is 635. The van der Waals surface area contributed by atoms with E-state index in [1.807, 2.05) is 13.8 Å². The number of fused-ring (bicyclic) bond motifs is 1. The minimum atomic E-state index is -0.934. The van der Waals surface area contributed by atoms with E-state index in [4.69, 9.17) is 15.7 Å². The third kappa shape index (κ3) is 1.80. The first-order valence-corrected chi connectivity index (χ1v) is 7.13. The van der Waals surface area contributed by atoms with Gasteiger partial charge in [0.05, 0.1) is 17.7 Å². The van der Waals surface area contributed by atoms with Gasteiger partial charge >= 0.3 is 0 Å². The highest BCUT2D eigenvalue weighted by Crippen LogP contribution is 2.58. The van der Waals surface area contributed by atoms with Crippen molar-refractivity contribution in [1.29, 1.82) is 5.26 Å². The number of amides is 1. The molecule has 110 valence electrons. The van der Waals surface area contributed by atoms with Gasteiger partial charge in [0, 0.05) is 23.6 Å². The van der Waals surface area contributed by atoms with Gasteiger partial charge in [0.25, 0.3) is 0 Å². The molecule has 0 spiro atoms. The summed E-state index contributed by atoms with van der Waals surface area (Å²) in [5.41, 5.74) is 6.25. The van der Waals surface area contributed by atoms with Gasteiger partial charge in [0.15, 0.2) is 0 Å². The molecule has 2 aliphatic rings. The highest BCUT2D eigenvalue weighted by Gasteiger charge is 2.71. The van der Waals surface area contributed by atoms with Crippen LogP contribution in [0.4, 0.5) is 5.69 Å². The first-order valence-electron chi connectivity index (χ1n) is 7.13. The molecule has 1 aliphatic heterocycles. The van der Waals surface area contributed by atoms with E-state index >= 15 is 0 Å². The summed E-state index contributed by atoms with van der Waals surface area (Å²) in [6.45, 7) is 4.62. The Labute approximate surface area is 124 Å². The Balaban J connectivity index is 1.83. The standard InChI is InChI=1S/C16H19N3O2/c1-15(2)13-12(6-7-21-13)16(15,18)14(20)19-11-5-3-4-10(8-11)9-17/h3-5,8,12-13H,6-7,18H2,1-2H3,(H,19,20). The predicted molar refractivity (Wildman–Crippen MR) is 78.3 cm³/mol. The topological polar surface area (TPSA) is 88.1 Å². The number of hydrogen-bond acceptors (Lipinski definition) is 4. The van der Waals surface area contributed by atoms with Crippen molar-refractivity contribution in [3.63, 3.8) is 0 Å². The van der Waals surface area contributed by atoms with E-state index in [1.54, 1.807) is 24.3 Å². The normalized spacial score (nSPS) is 32.7. The second-order valence-electron chi connectivity index (χ2n) is 6.42. The Hall–Kier alpha value is -1.90. The van der Waals surface area contributed by atoms with Crippen LogP contribution in [-0.4, -0.2) is 24.2 Å². The summed E-state index contributed by atoms with van der Waals surface area (Å²) in [4.78, 5) is 12.7. The number of nitrogens with one attached hydrogen (secondary N) is 1. The van der Waals surface area contributed by atoms with Crippen molar-refractivity contribution in [2.24, 2.45) is 17.1 Å². The van der Waals surface area contributed by atoms with Crippen LogP contribution in [0.1, 0.15) is 25.8 Å². The van der Waals surface area contributed by atoms with Crippen molar-refractivity contribution in [3.8, 4) is 6.07 Å². The van der Waals surface area contributed by atoms with Crippen molar-refractivity contribution >= 4 is 11.6 Å². The molecule has 0 radical (unpaired) electrons.